The van der Waals surface area contributed by atoms with Crippen molar-refractivity contribution in [3.63, 3.8) is 0 Å². The van der Waals surface area contributed by atoms with Crippen LogP contribution in [-0.4, -0.2) is 33.0 Å². The van der Waals surface area contributed by atoms with Gasteiger partial charge in [-0.1, -0.05) is 6.42 Å². The lowest BCUT2D eigenvalue weighted by Crippen LogP contribution is -2.38. The normalized spacial score (nSPS) is 23.9. The second-order valence-electron chi connectivity index (χ2n) is 5.09. The first-order valence-corrected chi connectivity index (χ1v) is 10.4. The maximum absolute atomic E-state index is 12.4. The van der Waals surface area contributed by atoms with Crippen molar-refractivity contribution in [2.45, 2.75) is 47.7 Å². The molecular formula is C13H22N2O2S3. The number of nitrogens with one attached hydrogen (secondary N) is 2. The summed E-state index contributed by atoms with van der Waals surface area (Å²) in [5.74, 6) is 0. The van der Waals surface area contributed by atoms with Crippen molar-refractivity contribution in [2.75, 3.05) is 13.3 Å². The van der Waals surface area contributed by atoms with E-state index in [-0.39, 0.29) is 6.04 Å². The van der Waals surface area contributed by atoms with Crippen molar-refractivity contribution in [1.29, 1.82) is 0 Å². The van der Waals surface area contributed by atoms with Gasteiger partial charge in [0, 0.05) is 22.7 Å². The summed E-state index contributed by atoms with van der Waals surface area (Å²) >= 11 is 3.18. The Morgan fingerprint density at radius 3 is 2.90 bits per heavy atom. The minimum absolute atomic E-state index is 0.0843. The van der Waals surface area contributed by atoms with E-state index in [0.29, 0.717) is 16.0 Å². The zero-order chi connectivity index (χ0) is 14.6. The first kappa shape index (κ1) is 16.3. The Balaban J connectivity index is 2.02. The van der Waals surface area contributed by atoms with Crippen LogP contribution in [0, 0.1) is 0 Å². The van der Waals surface area contributed by atoms with Crippen molar-refractivity contribution < 1.29 is 8.42 Å². The van der Waals surface area contributed by atoms with Gasteiger partial charge in [-0.15, -0.1) is 11.3 Å². The zero-order valence-corrected chi connectivity index (χ0v) is 14.3. The van der Waals surface area contributed by atoms with E-state index in [1.165, 1.54) is 17.8 Å². The second kappa shape index (κ2) is 7.26. The number of thiophene rings is 1. The maximum atomic E-state index is 12.4. The van der Waals surface area contributed by atoms with Crippen LogP contribution in [0.2, 0.25) is 0 Å². The molecule has 0 spiro atoms. The van der Waals surface area contributed by atoms with E-state index in [2.05, 4.69) is 16.3 Å². The minimum Gasteiger partial charge on any atom is -0.315 e. The predicted octanol–water partition coefficient (Wildman–Crippen LogP) is 2.42. The molecule has 1 heterocycles. The van der Waals surface area contributed by atoms with Gasteiger partial charge in [0.05, 0.1) is 0 Å². The molecule has 1 fully saturated rings. The van der Waals surface area contributed by atoms with Gasteiger partial charge in [0.2, 0.25) is 10.0 Å². The van der Waals surface area contributed by atoms with Gasteiger partial charge in [0.25, 0.3) is 0 Å². The Morgan fingerprint density at radius 2 is 2.20 bits per heavy atom. The molecule has 0 aliphatic heterocycles. The van der Waals surface area contributed by atoms with E-state index >= 15 is 0 Å². The number of sulfonamides is 1. The molecule has 0 bridgehead atoms. The molecule has 114 valence electrons. The second-order valence-corrected chi connectivity index (χ2v) is 9.34. The lowest BCUT2D eigenvalue weighted by molar-refractivity contribution is 0.421. The third-order valence-corrected chi connectivity index (χ3v) is 7.73. The number of thioether (sulfide) groups is 1. The monoisotopic (exact) mass is 334 g/mol. The standard InChI is InChI=1S/C13H22N2O2S3/c1-14-9-12-6-7-13(19-12)20(16,17)15-10-4-3-5-11(8-10)18-2/h6-7,10-11,14-15H,3-5,8-9H2,1-2H3. The number of rotatable bonds is 6. The average Bonchev–Trinajstić information content (AvgIpc) is 2.88. The summed E-state index contributed by atoms with van der Waals surface area (Å²) in [7, 11) is -1.50. The van der Waals surface area contributed by atoms with Crippen LogP contribution in [-0.2, 0) is 16.6 Å². The highest BCUT2D eigenvalue weighted by Crippen LogP contribution is 2.29. The van der Waals surface area contributed by atoms with Crippen LogP contribution in [0.25, 0.3) is 0 Å². The van der Waals surface area contributed by atoms with Crippen molar-refractivity contribution in [3.8, 4) is 0 Å². The first-order chi connectivity index (χ1) is 9.55. The van der Waals surface area contributed by atoms with Crippen LogP contribution in [0.5, 0.6) is 0 Å². The Labute approximate surface area is 129 Å². The number of hydrogen-bond acceptors (Lipinski definition) is 5. The van der Waals surface area contributed by atoms with Gasteiger partial charge >= 0.3 is 0 Å². The van der Waals surface area contributed by atoms with Crippen LogP contribution < -0.4 is 10.0 Å². The molecule has 1 aromatic heterocycles. The summed E-state index contributed by atoms with van der Waals surface area (Å²) in [4.78, 5) is 1.04. The smallest absolute Gasteiger partial charge is 0.250 e. The maximum Gasteiger partial charge on any atom is 0.250 e. The molecule has 0 aromatic carbocycles. The van der Waals surface area contributed by atoms with E-state index in [9.17, 15) is 8.42 Å². The summed E-state index contributed by atoms with van der Waals surface area (Å²) in [6.45, 7) is 0.707. The summed E-state index contributed by atoms with van der Waals surface area (Å²) in [6, 6.07) is 3.66. The largest absolute Gasteiger partial charge is 0.315 e. The van der Waals surface area contributed by atoms with Crippen LogP contribution >= 0.6 is 23.1 Å². The lowest BCUT2D eigenvalue weighted by Gasteiger charge is -2.28. The fraction of sp³-hybridized carbons (Fsp3) is 0.692. The Bertz CT molecular complexity index is 527. The molecule has 1 aliphatic carbocycles. The molecule has 2 N–H and O–H groups in total. The fourth-order valence-corrected chi connectivity index (χ4v) is 6.01. The summed E-state index contributed by atoms with van der Waals surface area (Å²) in [6.07, 6.45) is 6.30. The zero-order valence-electron chi connectivity index (χ0n) is 11.9. The molecule has 0 radical (unpaired) electrons. The van der Waals surface area contributed by atoms with Gasteiger partial charge in [-0.2, -0.15) is 11.8 Å². The van der Waals surface area contributed by atoms with Crippen LogP contribution in [0.15, 0.2) is 16.3 Å². The highest BCUT2D eigenvalue weighted by atomic mass is 32.2. The minimum atomic E-state index is -3.36. The molecular weight excluding hydrogens is 312 g/mol. The van der Waals surface area contributed by atoms with E-state index in [4.69, 9.17) is 0 Å². The van der Waals surface area contributed by atoms with Crippen molar-refractivity contribution in [1.82, 2.24) is 10.0 Å². The van der Waals surface area contributed by atoms with Gasteiger partial charge in [-0.05, 0) is 44.7 Å². The van der Waals surface area contributed by atoms with E-state index in [1.807, 2.05) is 24.9 Å². The highest BCUT2D eigenvalue weighted by molar-refractivity contribution is 7.99. The molecule has 2 unspecified atom stereocenters. The van der Waals surface area contributed by atoms with Crippen LogP contribution in [0.1, 0.15) is 30.6 Å². The summed E-state index contributed by atoms with van der Waals surface area (Å²) in [5, 5.41) is 3.62. The van der Waals surface area contributed by atoms with E-state index in [0.717, 1.165) is 24.1 Å². The average molecular weight is 335 g/mol. The Kier molecular flexibility index (Phi) is 5.92. The van der Waals surface area contributed by atoms with Crippen molar-refractivity contribution >= 4 is 33.1 Å². The molecule has 4 nitrogen and oxygen atoms in total. The van der Waals surface area contributed by atoms with Crippen LogP contribution in [0.3, 0.4) is 0 Å². The van der Waals surface area contributed by atoms with Crippen LogP contribution in [0.4, 0.5) is 0 Å². The quantitative estimate of drug-likeness (QED) is 0.839. The molecule has 7 heteroatoms. The topological polar surface area (TPSA) is 58.2 Å². The molecule has 1 aliphatic rings. The third-order valence-electron chi connectivity index (χ3n) is 3.53. The van der Waals surface area contributed by atoms with Crippen molar-refractivity contribution in [2.24, 2.45) is 0 Å². The van der Waals surface area contributed by atoms with Gasteiger partial charge < -0.3 is 5.32 Å². The van der Waals surface area contributed by atoms with Gasteiger partial charge in [-0.3, -0.25) is 0 Å². The molecule has 0 saturated heterocycles. The Morgan fingerprint density at radius 1 is 1.40 bits per heavy atom. The molecule has 1 aromatic rings. The van der Waals surface area contributed by atoms with E-state index < -0.39 is 10.0 Å². The Hall–Kier alpha value is -0.0800. The summed E-state index contributed by atoms with van der Waals surface area (Å²) < 4.78 is 28.1. The predicted molar refractivity (Wildman–Crippen MR) is 87.0 cm³/mol. The highest BCUT2D eigenvalue weighted by Gasteiger charge is 2.26. The van der Waals surface area contributed by atoms with Gasteiger partial charge in [0.15, 0.2) is 0 Å². The van der Waals surface area contributed by atoms with Gasteiger partial charge in [-0.25, -0.2) is 13.1 Å². The molecule has 2 rings (SSSR count). The molecule has 20 heavy (non-hydrogen) atoms. The fourth-order valence-electron chi connectivity index (χ4n) is 2.52. The SMILES string of the molecule is CNCc1ccc(S(=O)(=O)NC2CCCC(SC)C2)s1. The van der Waals surface area contributed by atoms with Crippen molar-refractivity contribution in [3.05, 3.63) is 17.0 Å². The molecule has 0 amide bonds. The third kappa shape index (κ3) is 4.21. The van der Waals surface area contributed by atoms with E-state index in [1.54, 1.807) is 6.07 Å². The summed E-state index contributed by atoms with van der Waals surface area (Å²) in [5.41, 5.74) is 0. The first-order valence-electron chi connectivity index (χ1n) is 6.83. The lowest BCUT2D eigenvalue weighted by atomic mass is 9.96. The molecule has 2 atom stereocenters. The van der Waals surface area contributed by atoms with Gasteiger partial charge in [0.1, 0.15) is 4.21 Å². The molecule has 1 saturated carbocycles. The number of hydrogen-bond donors (Lipinski definition) is 2.